The molecule has 0 bridgehead atoms. The Balaban J connectivity index is 1.70. The number of anilines is 1. The van der Waals surface area contributed by atoms with Crippen LogP contribution in [0.15, 0.2) is 60.9 Å². The van der Waals surface area contributed by atoms with Crippen molar-refractivity contribution in [1.29, 1.82) is 0 Å². The van der Waals surface area contributed by atoms with Crippen molar-refractivity contribution in [2.24, 2.45) is 0 Å². The molecule has 4 nitrogen and oxygen atoms in total. The normalized spacial score (nSPS) is 10.4. The third-order valence-electron chi connectivity index (χ3n) is 3.18. The largest absolute Gasteiger partial charge is 0.370 e. The Labute approximate surface area is 134 Å². The highest BCUT2D eigenvalue weighted by Crippen LogP contribution is 2.19. The molecule has 0 aliphatic rings. The fraction of sp³-hybridized carbons (Fsp3) is 0.118. The lowest BCUT2D eigenvalue weighted by Gasteiger charge is -2.08. The first-order valence-electron chi connectivity index (χ1n) is 7.04. The van der Waals surface area contributed by atoms with E-state index in [1.54, 1.807) is 18.5 Å². The molecule has 0 saturated heterocycles. The number of hydrogen-bond donors (Lipinski definition) is 1. The van der Waals surface area contributed by atoms with Crippen molar-refractivity contribution in [3.05, 3.63) is 71.6 Å². The van der Waals surface area contributed by atoms with Crippen molar-refractivity contribution in [3.63, 3.8) is 0 Å². The molecule has 0 unspecified atom stereocenters. The highest BCUT2D eigenvalue weighted by molar-refractivity contribution is 6.29. The van der Waals surface area contributed by atoms with Crippen molar-refractivity contribution in [2.45, 2.75) is 6.42 Å². The first-order chi connectivity index (χ1) is 10.8. The molecule has 110 valence electrons. The molecule has 0 aliphatic heterocycles. The molecule has 3 aromatic rings. The van der Waals surface area contributed by atoms with Crippen LogP contribution in [-0.4, -0.2) is 21.5 Å². The van der Waals surface area contributed by atoms with Crippen LogP contribution < -0.4 is 5.32 Å². The van der Waals surface area contributed by atoms with Crippen LogP contribution in [0.4, 0.5) is 5.82 Å². The lowest BCUT2D eigenvalue weighted by atomic mass is 10.1. The molecule has 22 heavy (non-hydrogen) atoms. The van der Waals surface area contributed by atoms with Crippen LogP contribution in [0.1, 0.15) is 5.56 Å². The molecule has 3 rings (SSSR count). The third kappa shape index (κ3) is 3.80. The van der Waals surface area contributed by atoms with Gasteiger partial charge in [0.05, 0.1) is 0 Å². The van der Waals surface area contributed by atoms with Gasteiger partial charge in [-0.2, -0.15) is 0 Å². The van der Waals surface area contributed by atoms with Crippen LogP contribution in [0.25, 0.3) is 11.4 Å². The van der Waals surface area contributed by atoms with Crippen LogP contribution in [0, 0.1) is 0 Å². The van der Waals surface area contributed by atoms with Crippen LogP contribution >= 0.6 is 11.6 Å². The number of rotatable bonds is 5. The lowest BCUT2D eigenvalue weighted by molar-refractivity contribution is 1.00. The third-order valence-corrected chi connectivity index (χ3v) is 3.37. The number of nitrogens with one attached hydrogen (secondary N) is 1. The molecule has 0 spiro atoms. The molecule has 2 aromatic heterocycles. The number of nitrogens with zero attached hydrogens (tertiary/aromatic N) is 3. The number of aromatic nitrogens is 3. The molecule has 0 fully saturated rings. The standard InChI is InChI=1S/C17H15ClN4/c18-15-11-16(20-10-8-13-5-2-1-3-6-13)22-17(21-15)14-7-4-9-19-12-14/h1-7,9,11-12H,8,10H2,(H,20,21,22). The number of pyridine rings is 1. The summed E-state index contributed by atoms with van der Waals surface area (Å²) in [5.41, 5.74) is 2.12. The molecule has 0 atom stereocenters. The van der Waals surface area contributed by atoms with E-state index in [9.17, 15) is 0 Å². The average Bonchev–Trinajstić information content (AvgIpc) is 2.56. The zero-order valence-corrected chi connectivity index (χ0v) is 12.7. The maximum Gasteiger partial charge on any atom is 0.164 e. The lowest BCUT2D eigenvalue weighted by Crippen LogP contribution is -2.07. The van der Waals surface area contributed by atoms with Gasteiger partial charge in [-0.15, -0.1) is 0 Å². The molecule has 0 radical (unpaired) electrons. The van der Waals surface area contributed by atoms with Crippen LogP contribution in [0.3, 0.4) is 0 Å². The van der Waals surface area contributed by atoms with Gasteiger partial charge in [0.1, 0.15) is 11.0 Å². The van der Waals surface area contributed by atoms with Crippen molar-refractivity contribution in [3.8, 4) is 11.4 Å². The Morgan fingerprint density at radius 3 is 2.64 bits per heavy atom. The second kappa shape index (κ2) is 7.00. The predicted octanol–water partition coefficient (Wildman–Crippen LogP) is 3.85. The van der Waals surface area contributed by atoms with E-state index in [1.807, 2.05) is 30.3 Å². The number of benzene rings is 1. The highest BCUT2D eigenvalue weighted by atomic mass is 35.5. The number of halogens is 1. The van der Waals surface area contributed by atoms with E-state index in [0.29, 0.717) is 11.0 Å². The van der Waals surface area contributed by atoms with Gasteiger partial charge < -0.3 is 5.32 Å². The van der Waals surface area contributed by atoms with E-state index >= 15 is 0 Å². The Kier molecular flexibility index (Phi) is 4.61. The van der Waals surface area contributed by atoms with Crippen molar-refractivity contribution in [1.82, 2.24) is 15.0 Å². The minimum absolute atomic E-state index is 0.413. The van der Waals surface area contributed by atoms with Crippen molar-refractivity contribution >= 4 is 17.4 Å². The summed E-state index contributed by atoms with van der Waals surface area (Å²) in [5, 5.41) is 3.70. The predicted molar refractivity (Wildman–Crippen MR) is 88.9 cm³/mol. The Bertz CT molecular complexity index is 732. The maximum absolute atomic E-state index is 6.08. The van der Waals surface area contributed by atoms with E-state index < -0.39 is 0 Å². The molecule has 2 heterocycles. The van der Waals surface area contributed by atoms with Gasteiger partial charge in [0.2, 0.25) is 0 Å². The summed E-state index contributed by atoms with van der Waals surface area (Å²) in [6.07, 6.45) is 4.36. The summed E-state index contributed by atoms with van der Waals surface area (Å²) in [6.45, 7) is 0.782. The van der Waals surface area contributed by atoms with Crippen LogP contribution in [-0.2, 0) is 6.42 Å². The van der Waals surface area contributed by atoms with Gasteiger partial charge in [-0.05, 0) is 24.1 Å². The van der Waals surface area contributed by atoms with E-state index in [-0.39, 0.29) is 0 Å². The highest BCUT2D eigenvalue weighted by Gasteiger charge is 2.05. The number of hydrogen-bond acceptors (Lipinski definition) is 4. The zero-order chi connectivity index (χ0) is 15.2. The smallest absolute Gasteiger partial charge is 0.164 e. The second-order valence-corrected chi connectivity index (χ2v) is 5.19. The topological polar surface area (TPSA) is 50.7 Å². The van der Waals surface area contributed by atoms with Gasteiger partial charge in [-0.25, -0.2) is 9.97 Å². The zero-order valence-electron chi connectivity index (χ0n) is 11.9. The fourth-order valence-electron chi connectivity index (χ4n) is 2.11. The summed E-state index contributed by atoms with van der Waals surface area (Å²) in [5.74, 6) is 1.29. The first-order valence-corrected chi connectivity index (χ1v) is 7.42. The van der Waals surface area contributed by atoms with Crippen molar-refractivity contribution < 1.29 is 0 Å². The summed E-state index contributed by atoms with van der Waals surface area (Å²) in [4.78, 5) is 12.8. The quantitative estimate of drug-likeness (QED) is 0.727. The van der Waals surface area contributed by atoms with E-state index in [0.717, 1.165) is 24.3 Å². The summed E-state index contributed by atoms with van der Waals surface area (Å²) in [7, 11) is 0. The fourth-order valence-corrected chi connectivity index (χ4v) is 2.30. The molecule has 1 aromatic carbocycles. The Morgan fingerprint density at radius 2 is 1.86 bits per heavy atom. The molecule has 5 heteroatoms. The van der Waals surface area contributed by atoms with E-state index in [1.165, 1.54) is 5.56 Å². The van der Waals surface area contributed by atoms with Gasteiger partial charge in [-0.1, -0.05) is 41.9 Å². The maximum atomic E-state index is 6.08. The SMILES string of the molecule is Clc1cc(NCCc2ccccc2)nc(-c2cccnc2)n1. The summed E-state index contributed by atoms with van der Waals surface area (Å²) >= 11 is 6.08. The molecule has 0 amide bonds. The minimum Gasteiger partial charge on any atom is -0.370 e. The van der Waals surface area contributed by atoms with Gasteiger partial charge >= 0.3 is 0 Å². The van der Waals surface area contributed by atoms with Crippen LogP contribution in [0.2, 0.25) is 5.15 Å². The van der Waals surface area contributed by atoms with E-state index in [4.69, 9.17) is 11.6 Å². The molecular formula is C17H15ClN4. The first kappa shape index (κ1) is 14.5. The van der Waals surface area contributed by atoms with Crippen LogP contribution in [0.5, 0.6) is 0 Å². The van der Waals surface area contributed by atoms with Gasteiger partial charge in [0, 0.05) is 30.6 Å². The molecular weight excluding hydrogens is 296 g/mol. The van der Waals surface area contributed by atoms with E-state index in [2.05, 4.69) is 32.4 Å². The van der Waals surface area contributed by atoms with Gasteiger partial charge in [0.15, 0.2) is 5.82 Å². The van der Waals surface area contributed by atoms with Gasteiger partial charge in [0.25, 0.3) is 0 Å². The monoisotopic (exact) mass is 310 g/mol. The minimum atomic E-state index is 0.413. The molecule has 0 saturated carbocycles. The summed E-state index contributed by atoms with van der Waals surface area (Å²) < 4.78 is 0. The average molecular weight is 311 g/mol. The Morgan fingerprint density at radius 1 is 1.00 bits per heavy atom. The Hall–Kier alpha value is -2.46. The summed E-state index contributed by atoms with van der Waals surface area (Å²) in [6, 6.07) is 15.8. The molecule has 0 aliphatic carbocycles. The molecule has 1 N–H and O–H groups in total. The van der Waals surface area contributed by atoms with Crippen molar-refractivity contribution in [2.75, 3.05) is 11.9 Å². The van der Waals surface area contributed by atoms with Gasteiger partial charge in [-0.3, -0.25) is 4.98 Å². The second-order valence-electron chi connectivity index (χ2n) is 4.80.